The fourth-order valence-electron chi connectivity index (χ4n) is 0.407. The van der Waals surface area contributed by atoms with Gasteiger partial charge in [-0.15, -0.1) is 0 Å². The van der Waals surface area contributed by atoms with Crippen molar-refractivity contribution in [2.75, 3.05) is 0 Å². The molecule has 42 valence electrons. The second kappa shape index (κ2) is 2.19. The van der Waals surface area contributed by atoms with E-state index in [2.05, 4.69) is 0 Å². The molecule has 0 unspecified atom stereocenters. The molecule has 0 aliphatic carbocycles. The summed E-state index contributed by atoms with van der Waals surface area (Å²) in [6.45, 7) is 1.55. The first-order chi connectivity index (χ1) is 5.46. The van der Waals surface area contributed by atoms with Gasteiger partial charge in [-0.3, -0.25) is 0 Å². The van der Waals surface area contributed by atoms with Crippen LogP contribution in [0, 0.1) is 6.92 Å². The summed E-state index contributed by atoms with van der Waals surface area (Å²) in [5.74, 6) is 0. The van der Waals surface area contributed by atoms with Crippen molar-refractivity contribution in [3.05, 3.63) is 34.8 Å². The van der Waals surface area contributed by atoms with Gasteiger partial charge in [-0.25, -0.2) is 0 Å². The van der Waals surface area contributed by atoms with E-state index in [1.807, 2.05) is 0 Å². The highest BCUT2D eigenvalue weighted by molar-refractivity contribution is 6.30. The van der Waals surface area contributed by atoms with Gasteiger partial charge in [0.1, 0.15) is 0 Å². The Morgan fingerprint density at radius 3 is 3.12 bits per heavy atom. The lowest BCUT2D eigenvalue weighted by Crippen LogP contribution is -1.66. The van der Waals surface area contributed by atoms with E-state index in [4.69, 9.17) is 17.1 Å². The molecule has 1 heteroatoms. The smallest absolute Gasteiger partial charge is 0.0641 e. The Bertz CT molecular complexity index is 230. The summed E-state index contributed by atoms with van der Waals surface area (Å²) in [7, 11) is 0. The van der Waals surface area contributed by atoms with Crippen molar-refractivity contribution in [1.82, 2.24) is 0 Å². The van der Waals surface area contributed by atoms with Crippen LogP contribution in [0.3, 0.4) is 0 Å². The zero-order chi connectivity index (χ0) is 9.46. The van der Waals surface area contributed by atoms with E-state index >= 15 is 0 Å². The molecule has 0 fully saturated rings. The summed E-state index contributed by atoms with van der Waals surface area (Å²) in [6, 6.07) is -0.567. The van der Waals surface area contributed by atoms with Crippen LogP contribution in [0.2, 0.25) is 5.02 Å². The number of hydrogen-bond acceptors (Lipinski definition) is 0. The highest BCUT2D eigenvalue weighted by atomic mass is 35.5. The minimum Gasteiger partial charge on any atom is -0.0843 e. The molecule has 1 aromatic rings. The van der Waals surface area contributed by atoms with Crippen molar-refractivity contribution in [2.24, 2.45) is 0 Å². The summed E-state index contributed by atoms with van der Waals surface area (Å²) >= 11 is 5.58. The molecule has 0 atom stereocenters. The zero-order valence-electron chi connectivity index (χ0n) is 8.38. The first kappa shape index (κ1) is 2.40. The molecule has 0 bridgehead atoms. The molecular weight excluding hydrogens is 120 g/mol. The topological polar surface area (TPSA) is 0 Å². The van der Waals surface area contributed by atoms with E-state index in [0.717, 1.165) is 0 Å². The molecule has 0 amide bonds. The van der Waals surface area contributed by atoms with Crippen molar-refractivity contribution in [2.45, 2.75) is 6.92 Å². The number of hydrogen-bond donors (Lipinski definition) is 0. The van der Waals surface area contributed by atoms with E-state index in [-0.39, 0.29) is 29.2 Å². The molecule has 0 nitrogen and oxygen atoms in total. The predicted octanol–water partition coefficient (Wildman–Crippen LogP) is 2.65. The van der Waals surface area contributed by atoms with E-state index < -0.39 is 0 Å². The lowest BCUT2D eigenvalue weighted by molar-refractivity contribution is 1.47. The van der Waals surface area contributed by atoms with Crippen LogP contribution in [0.15, 0.2) is 24.2 Å². The Balaban J connectivity index is 3.60. The van der Waals surface area contributed by atoms with Gasteiger partial charge >= 0.3 is 0 Å². The third-order valence-corrected chi connectivity index (χ3v) is 0.908. The molecule has 0 heterocycles. The molecule has 0 saturated heterocycles. The average molecular weight is 131 g/mol. The summed E-state index contributed by atoms with van der Waals surface area (Å²) in [5.41, 5.74) is 0.348. The molecule has 0 N–H and O–H groups in total. The Labute approximate surface area is 59.7 Å². The van der Waals surface area contributed by atoms with Crippen LogP contribution in [-0.2, 0) is 0 Å². The fraction of sp³-hybridized carbons (Fsp3) is 0.143. The molecular formula is C7H7Cl. The molecule has 0 aliphatic rings. The monoisotopic (exact) mass is 130 g/mol. The molecule has 0 saturated carbocycles. The Morgan fingerprint density at radius 1 is 1.62 bits per heavy atom. The summed E-state index contributed by atoms with van der Waals surface area (Å²) in [5, 5.41) is -0.0477. The molecule has 1 rings (SSSR count). The maximum atomic E-state index is 7.37. The van der Waals surface area contributed by atoms with Crippen molar-refractivity contribution in [1.29, 1.82) is 0 Å². The van der Waals surface area contributed by atoms with Crippen molar-refractivity contribution in [3.8, 4) is 0 Å². The summed E-state index contributed by atoms with van der Waals surface area (Å²) in [6.07, 6.45) is 0. The number of rotatable bonds is 0. The second-order valence-electron chi connectivity index (χ2n) is 1.44. The molecule has 0 aliphatic heterocycles. The van der Waals surface area contributed by atoms with Gasteiger partial charge in [0, 0.05) is 5.02 Å². The predicted molar refractivity (Wildman–Crippen MR) is 36.2 cm³/mol. The van der Waals surface area contributed by atoms with Crippen LogP contribution in [0.4, 0.5) is 0 Å². The lowest BCUT2D eigenvalue weighted by Gasteiger charge is -1.88. The van der Waals surface area contributed by atoms with Crippen LogP contribution in [0.1, 0.15) is 11.0 Å². The van der Waals surface area contributed by atoms with Gasteiger partial charge in [-0.05, 0) is 24.6 Å². The molecule has 0 spiro atoms. The van der Waals surface area contributed by atoms with Crippen LogP contribution in [0.5, 0.6) is 0 Å². The van der Waals surface area contributed by atoms with Gasteiger partial charge in [0.25, 0.3) is 0 Å². The molecule has 1 aromatic carbocycles. The van der Waals surface area contributed by atoms with E-state index in [9.17, 15) is 0 Å². The van der Waals surface area contributed by atoms with Gasteiger partial charge in [0.05, 0.1) is 5.48 Å². The highest BCUT2D eigenvalue weighted by Gasteiger charge is 1.82. The summed E-state index contributed by atoms with van der Waals surface area (Å²) < 4.78 is 29.2. The first-order valence-corrected chi connectivity index (χ1v) is 2.57. The average Bonchev–Trinajstić information content (AvgIpc) is 2.08. The Kier molecular flexibility index (Phi) is 0.656. The maximum Gasteiger partial charge on any atom is 0.0641 e. The van der Waals surface area contributed by atoms with E-state index in [1.54, 1.807) is 6.92 Å². The van der Waals surface area contributed by atoms with Gasteiger partial charge < -0.3 is 0 Å². The fourth-order valence-corrected chi connectivity index (χ4v) is 0.596. The molecule has 0 aromatic heterocycles. The van der Waals surface area contributed by atoms with Crippen molar-refractivity contribution in [3.63, 3.8) is 0 Å². The molecule has 0 radical (unpaired) electrons. The molecule has 8 heavy (non-hydrogen) atoms. The first-order valence-electron chi connectivity index (χ1n) is 4.19. The SMILES string of the molecule is [2H]c1c([2H])c(C)c([2H])c(Cl)c1[2H]. The quantitative estimate of drug-likeness (QED) is 0.507. The maximum absolute atomic E-state index is 7.37. The largest absolute Gasteiger partial charge is 0.0843 e. The lowest BCUT2D eigenvalue weighted by atomic mass is 10.2. The third-order valence-electron chi connectivity index (χ3n) is 0.719. The number of halogens is 1. The Hall–Kier alpha value is -0.490. The third kappa shape index (κ3) is 1.24. The van der Waals surface area contributed by atoms with Crippen molar-refractivity contribution < 1.29 is 5.48 Å². The van der Waals surface area contributed by atoms with Gasteiger partial charge in [0.2, 0.25) is 0 Å². The minimum absolute atomic E-state index is 0.0253. The standard InChI is InChI=1S/C7H7Cl/c1-6-3-2-4-7(8)5-6/h2-5H,1H3/i2D,3D,4D,5D. The van der Waals surface area contributed by atoms with E-state index in [0.29, 0.717) is 5.56 Å². The number of benzene rings is 1. The van der Waals surface area contributed by atoms with E-state index in [1.165, 1.54) is 0 Å². The van der Waals surface area contributed by atoms with Crippen LogP contribution in [-0.4, -0.2) is 0 Å². The van der Waals surface area contributed by atoms with Gasteiger partial charge in [-0.2, -0.15) is 0 Å². The van der Waals surface area contributed by atoms with Gasteiger partial charge in [0.15, 0.2) is 0 Å². The minimum atomic E-state index is -0.239. The van der Waals surface area contributed by atoms with Crippen LogP contribution in [0.25, 0.3) is 0 Å². The van der Waals surface area contributed by atoms with Gasteiger partial charge in [-0.1, -0.05) is 23.7 Å². The summed E-state index contributed by atoms with van der Waals surface area (Å²) in [4.78, 5) is 0. The van der Waals surface area contributed by atoms with Crippen LogP contribution >= 0.6 is 11.6 Å². The highest BCUT2D eigenvalue weighted by Crippen LogP contribution is 2.08. The zero-order valence-corrected chi connectivity index (χ0v) is 5.13. The normalized spacial score (nSPS) is 16.2. The van der Waals surface area contributed by atoms with Crippen molar-refractivity contribution >= 4 is 11.6 Å². The van der Waals surface area contributed by atoms with Crippen LogP contribution < -0.4 is 0 Å². The second-order valence-corrected chi connectivity index (χ2v) is 1.82. The Morgan fingerprint density at radius 2 is 2.38 bits per heavy atom.